The van der Waals surface area contributed by atoms with Gasteiger partial charge >= 0.3 is 7.75 Å². The molecular formula is C5H12NO4PS. The molecular weight excluding hydrogens is 201 g/mol. The average molecular weight is 213 g/mol. The Hall–Kier alpha value is -0.0300. The van der Waals surface area contributed by atoms with E-state index in [1.807, 2.05) is 5.09 Å². The van der Waals surface area contributed by atoms with E-state index in [0.29, 0.717) is 0 Å². The summed E-state index contributed by atoms with van der Waals surface area (Å²) in [6, 6.07) is 0. The van der Waals surface area contributed by atoms with E-state index in [1.54, 1.807) is 13.8 Å². The summed E-state index contributed by atoms with van der Waals surface area (Å²) in [5, 5.41) is 1.26. The van der Waals surface area contributed by atoms with E-state index in [9.17, 15) is 9.36 Å². The number of thiol groups is 1. The van der Waals surface area contributed by atoms with Crippen LogP contribution in [0.5, 0.6) is 0 Å². The largest absolute Gasteiger partial charge is 0.435 e. The second-order valence-electron chi connectivity index (χ2n) is 1.75. The van der Waals surface area contributed by atoms with Gasteiger partial charge in [-0.25, -0.2) is 4.57 Å². The first kappa shape index (κ1) is 12.0. The van der Waals surface area contributed by atoms with Gasteiger partial charge in [-0.1, -0.05) is 12.6 Å². The van der Waals surface area contributed by atoms with Crippen molar-refractivity contribution in [3.63, 3.8) is 0 Å². The maximum atomic E-state index is 11.4. The van der Waals surface area contributed by atoms with Crippen LogP contribution in [0.4, 0.5) is 4.79 Å². The van der Waals surface area contributed by atoms with Crippen molar-refractivity contribution in [1.29, 1.82) is 0 Å². The Labute approximate surface area is 76.8 Å². The van der Waals surface area contributed by atoms with E-state index in [0.717, 1.165) is 0 Å². The fraction of sp³-hybridized carbons (Fsp3) is 0.800. The average Bonchev–Trinajstić information content (AvgIpc) is 1.85. The molecule has 0 saturated carbocycles. The standard InChI is InChI=1S/C5H12NO4PS/c1-3-9-11(8,10-4-2)6-5(7)12/h3-4H2,1-2H3,(H2,6,7,8,12). The molecule has 0 aromatic carbocycles. The number of hydrogen-bond acceptors (Lipinski definition) is 4. The van der Waals surface area contributed by atoms with Crippen LogP contribution < -0.4 is 5.09 Å². The molecule has 0 aromatic heterocycles. The highest BCUT2D eigenvalue weighted by Gasteiger charge is 2.24. The predicted octanol–water partition coefficient (Wildman–Crippen LogP) is 1.81. The molecule has 0 atom stereocenters. The van der Waals surface area contributed by atoms with E-state index < -0.39 is 13.0 Å². The highest BCUT2D eigenvalue weighted by atomic mass is 32.1. The third kappa shape index (κ3) is 4.77. The second kappa shape index (κ2) is 5.59. The third-order valence-corrected chi connectivity index (χ3v) is 2.79. The van der Waals surface area contributed by atoms with Crippen LogP contribution in [0.1, 0.15) is 13.8 Å². The number of nitrogens with one attached hydrogen (secondary N) is 1. The van der Waals surface area contributed by atoms with Gasteiger partial charge in [-0.05, 0) is 13.8 Å². The minimum absolute atomic E-state index is 0.200. The summed E-state index contributed by atoms with van der Waals surface area (Å²) < 4.78 is 20.9. The molecule has 0 spiro atoms. The molecule has 0 aliphatic heterocycles. The monoisotopic (exact) mass is 213 g/mol. The van der Waals surface area contributed by atoms with Gasteiger partial charge in [-0.15, -0.1) is 0 Å². The number of amides is 1. The Bertz CT molecular complexity index is 188. The lowest BCUT2D eigenvalue weighted by Crippen LogP contribution is -2.17. The number of carbonyl (C=O) groups excluding carboxylic acids is 1. The first-order chi connectivity index (χ1) is 5.54. The van der Waals surface area contributed by atoms with Crippen LogP contribution in [0, 0.1) is 0 Å². The van der Waals surface area contributed by atoms with Crippen molar-refractivity contribution in [2.75, 3.05) is 13.2 Å². The minimum atomic E-state index is -3.45. The third-order valence-electron chi connectivity index (χ3n) is 0.831. The zero-order valence-electron chi connectivity index (χ0n) is 6.94. The van der Waals surface area contributed by atoms with Crippen LogP contribution in [0.25, 0.3) is 0 Å². The lowest BCUT2D eigenvalue weighted by molar-refractivity contribution is 0.210. The molecule has 0 radical (unpaired) electrons. The molecule has 0 heterocycles. The zero-order chi connectivity index (χ0) is 9.61. The highest BCUT2D eigenvalue weighted by molar-refractivity contribution is 7.97. The maximum absolute atomic E-state index is 11.4. The lowest BCUT2D eigenvalue weighted by atomic mass is 10.9. The van der Waals surface area contributed by atoms with Crippen LogP contribution in [0.2, 0.25) is 0 Å². The van der Waals surface area contributed by atoms with Crippen molar-refractivity contribution in [2.24, 2.45) is 0 Å². The van der Waals surface area contributed by atoms with E-state index in [4.69, 9.17) is 9.05 Å². The van der Waals surface area contributed by atoms with Crippen LogP contribution >= 0.6 is 20.4 Å². The summed E-state index contributed by atoms with van der Waals surface area (Å²) in [6.07, 6.45) is 0. The first-order valence-electron chi connectivity index (χ1n) is 3.44. The highest BCUT2D eigenvalue weighted by Crippen LogP contribution is 2.43. The van der Waals surface area contributed by atoms with Crippen molar-refractivity contribution in [2.45, 2.75) is 13.8 Å². The van der Waals surface area contributed by atoms with Gasteiger partial charge in [0.1, 0.15) is 0 Å². The van der Waals surface area contributed by atoms with Crippen molar-refractivity contribution < 1.29 is 18.4 Å². The molecule has 0 aliphatic rings. The SMILES string of the molecule is CCOP(=O)(NC(=O)S)OCC. The molecule has 72 valence electrons. The van der Waals surface area contributed by atoms with E-state index >= 15 is 0 Å². The van der Waals surface area contributed by atoms with Gasteiger partial charge in [0.2, 0.25) is 0 Å². The molecule has 0 fully saturated rings. The van der Waals surface area contributed by atoms with Crippen molar-refractivity contribution in [3.8, 4) is 0 Å². The molecule has 0 saturated heterocycles. The molecule has 0 rings (SSSR count). The topological polar surface area (TPSA) is 64.6 Å². The first-order valence-corrected chi connectivity index (χ1v) is 5.43. The number of rotatable bonds is 5. The summed E-state index contributed by atoms with van der Waals surface area (Å²) in [5.74, 6) is 0. The zero-order valence-corrected chi connectivity index (χ0v) is 8.73. The van der Waals surface area contributed by atoms with Crippen molar-refractivity contribution >= 4 is 25.6 Å². The normalized spacial score (nSPS) is 11.2. The molecule has 1 N–H and O–H groups in total. The summed E-state index contributed by atoms with van der Waals surface area (Å²) in [7, 11) is -3.45. The minimum Gasteiger partial charge on any atom is -0.293 e. The molecule has 5 nitrogen and oxygen atoms in total. The molecule has 12 heavy (non-hydrogen) atoms. The summed E-state index contributed by atoms with van der Waals surface area (Å²) >= 11 is 3.39. The Balaban J connectivity index is 4.18. The lowest BCUT2D eigenvalue weighted by Gasteiger charge is -2.15. The van der Waals surface area contributed by atoms with E-state index in [2.05, 4.69) is 12.6 Å². The molecule has 0 aromatic rings. The summed E-state index contributed by atoms with van der Waals surface area (Å²) in [4.78, 5) is 10.4. The Morgan fingerprint density at radius 1 is 1.42 bits per heavy atom. The molecule has 7 heteroatoms. The van der Waals surface area contributed by atoms with Crippen LogP contribution in [-0.4, -0.2) is 18.5 Å². The maximum Gasteiger partial charge on any atom is 0.435 e. The van der Waals surface area contributed by atoms with Gasteiger partial charge < -0.3 is 0 Å². The van der Waals surface area contributed by atoms with Gasteiger partial charge in [0.05, 0.1) is 13.2 Å². The Morgan fingerprint density at radius 3 is 2.08 bits per heavy atom. The van der Waals surface area contributed by atoms with Gasteiger partial charge in [0, 0.05) is 0 Å². The molecule has 0 aliphatic carbocycles. The Kier molecular flexibility index (Phi) is 5.57. The summed E-state index contributed by atoms with van der Waals surface area (Å²) in [5.41, 5.74) is 0. The van der Waals surface area contributed by atoms with Crippen molar-refractivity contribution in [1.82, 2.24) is 5.09 Å². The van der Waals surface area contributed by atoms with Gasteiger partial charge in [-0.3, -0.25) is 18.9 Å². The fourth-order valence-corrected chi connectivity index (χ4v) is 2.04. The van der Waals surface area contributed by atoms with Crippen LogP contribution in [0.15, 0.2) is 0 Å². The quantitative estimate of drug-likeness (QED) is 0.540. The van der Waals surface area contributed by atoms with E-state index in [-0.39, 0.29) is 13.2 Å². The van der Waals surface area contributed by atoms with Gasteiger partial charge in [0.25, 0.3) is 5.24 Å². The predicted molar refractivity (Wildman–Crippen MR) is 48.4 cm³/mol. The summed E-state index contributed by atoms with van der Waals surface area (Å²) in [6.45, 7) is 3.70. The van der Waals surface area contributed by atoms with Crippen LogP contribution in [-0.2, 0) is 13.6 Å². The second-order valence-corrected chi connectivity index (χ2v) is 3.89. The number of hydrogen-bond donors (Lipinski definition) is 2. The molecule has 1 amide bonds. The Morgan fingerprint density at radius 2 is 1.83 bits per heavy atom. The van der Waals surface area contributed by atoms with Gasteiger partial charge in [0.15, 0.2) is 0 Å². The van der Waals surface area contributed by atoms with Crippen LogP contribution in [0.3, 0.4) is 0 Å². The fourth-order valence-electron chi connectivity index (χ4n) is 0.559. The van der Waals surface area contributed by atoms with Gasteiger partial charge in [-0.2, -0.15) is 0 Å². The smallest absolute Gasteiger partial charge is 0.293 e. The molecule has 0 bridgehead atoms. The van der Waals surface area contributed by atoms with Crippen molar-refractivity contribution in [3.05, 3.63) is 0 Å². The molecule has 0 unspecified atom stereocenters. The van der Waals surface area contributed by atoms with E-state index in [1.165, 1.54) is 0 Å². The number of carbonyl (C=O) groups is 1.